The van der Waals surface area contributed by atoms with E-state index in [2.05, 4.69) is 56.8 Å². The van der Waals surface area contributed by atoms with Gasteiger partial charge in [0.15, 0.2) is 17.2 Å². The molecule has 0 aliphatic carbocycles. The fraction of sp³-hybridized carbons (Fsp3) is 0.182. The normalized spacial score (nSPS) is 14.6. The number of aliphatic imine (C=N–C) groups is 1. The van der Waals surface area contributed by atoms with Crippen molar-refractivity contribution < 1.29 is 19.0 Å². The van der Waals surface area contributed by atoms with Crippen LogP contribution >= 0.6 is 45.2 Å². The second-order valence-corrected chi connectivity index (χ2v) is 8.76. The van der Waals surface area contributed by atoms with E-state index in [0.29, 0.717) is 30.6 Å². The summed E-state index contributed by atoms with van der Waals surface area (Å²) in [6.07, 6.45) is 1.69. The molecule has 1 heterocycles. The van der Waals surface area contributed by atoms with E-state index >= 15 is 0 Å². The zero-order valence-electron chi connectivity index (χ0n) is 16.0. The van der Waals surface area contributed by atoms with Crippen molar-refractivity contribution in [3.05, 3.63) is 72.5 Å². The molecular weight excluding hydrogens is 596 g/mol. The highest BCUT2D eigenvalue weighted by Crippen LogP contribution is 2.35. The monoisotopic (exact) mass is 615 g/mol. The molecule has 1 aliphatic rings. The number of benzene rings is 2. The molecule has 0 fully saturated rings. The van der Waals surface area contributed by atoms with Crippen LogP contribution in [0.25, 0.3) is 6.08 Å². The Hall–Kier alpha value is -1.88. The SMILES string of the molecule is C=C(C)COc1c(I)cc(/C=C2\N=C(c3ccc(I)cc3)OC2=O)cc1OCC. The molecule has 0 radical (unpaired) electrons. The van der Waals surface area contributed by atoms with Crippen LogP contribution in [0.4, 0.5) is 0 Å². The Morgan fingerprint density at radius 1 is 1.21 bits per heavy atom. The first-order valence-electron chi connectivity index (χ1n) is 8.89. The van der Waals surface area contributed by atoms with Crippen LogP contribution < -0.4 is 9.47 Å². The summed E-state index contributed by atoms with van der Waals surface area (Å²) < 4.78 is 18.9. The van der Waals surface area contributed by atoms with E-state index in [1.807, 2.05) is 50.2 Å². The zero-order valence-corrected chi connectivity index (χ0v) is 20.3. The summed E-state index contributed by atoms with van der Waals surface area (Å²) in [5.74, 6) is 1.10. The van der Waals surface area contributed by atoms with E-state index in [-0.39, 0.29) is 5.70 Å². The lowest BCUT2D eigenvalue weighted by Gasteiger charge is -2.14. The van der Waals surface area contributed by atoms with Crippen molar-refractivity contribution in [2.45, 2.75) is 13.8 Å². The van der Waals surface area contributed by atoms with Crippen molar-refractivity contribution in [2.75, 3.05) is 13.2 Å². The second kappa shape index (κ2) is 9.75. The van der Waals surface area contributed by atoms with Crippen molar-refractivity contribution in [1.29, 1.82) is 0 Å². The Morgan fingerprint density at radius 3 is 2.59 bits per heavy atom. The maximum absolute atomic E-state index is 12.3. The summed E-state index contributed by atoms with van der Waals surface area (Å²) in [4.78, 5) is 16.7. The summed E-state index contributed by atoms with van der Waals surface area (Å²) in [5, 5.41) is 0. The molecule has 0 amide bonds. The van der Waals surface area contributed by atoms with Crippen molar-refractivity contribution in [1.82, 2.24) is 0 Å². The number of halogens is 2. The molecule has 0 unspecified atom stereocenters. The van der Waals surface area contributed by atoms with E-state index < -0.39 is 5.97 Å². The van der Waals surface area contributed by atoms with Gasteiger partial charge in [-0.1, -0.05) is 6.58 Å². The lowest BCUT2D eigenvalue weighted by molar-refractivity contribution is -0.129. The third-order valence-electron chi connectivity index (χ3n) is 3.81. The predicted octanol–water partition coefficient (Wildman–Crippen LogP) is 5.59. The van der Waals surface area contributed by atoms with Gasteiger partial charge in [-0.25, -0.2) is 9.79 Å². The molecule has 150 valence electrons. The Labute approximate surface area is 197 Å². The molecule has 0 N–H and O–H groups in total. The Kier molecular flexibility index (Phi) is 7.33. The molecule has 7 heteroatoms. The quantitative estimate of drug-likeness (QED) is 0.177. The average Bonchev–Trinajstić information content (AvgIpc) is 3.02. The van der Waals surface area contributed by atoms with Gasteiger partial charge in [-0.3, -0.25) is 0 Å². The first kappa shape index (κ1) is 21.8. The zero-order chi connectivity index (χ0) is 21.0. The number of hydrogen-bond acceptors (Lipinski definition) is 5. The van der Waals surface area contributed by atoms with E-state index in [1.54, 1.807) is 6.08 Å². The maximum atomic E-state index is 12.3. The molecule has 0 aromatic heterocycles. The van der Waals surface area contributed by atoms with Crippen molar-refractivity contribution in [2.24, 2.45) is 4.99 Å². The molecular formula is C22H19I2NO4. The van der Waals surface area contributed by atoms with Gasteiger partial charge in [-0.2, -0.15) is 0 Å². The minimum Gasteiger partial charge on any atom is -0.490 e. The van der Waals surface area contributed by atoms with Crippen molar-refractivity contribution in [3.63, 3.8) is 0 Å². The van der Waals surface area contributed by atoms with Gasteiger partial charge >= 0.3 is 5.97 Å². The molecule has 1 aliphatic heterocycles. The minimum absolute atomic E-state index is 0.243. The molecule has 2 aromatic rings. The van der Waals surface area contributed by atoms with Crippen LogP contribution in [0.5, 0.6) is 11.5 Å². The molecule has 0 saturated heterocycles. The fourth-order valence-electron chi connectivity index (χ4n) is 2.55. The summed E-state index contributed by atoms with van der Waals surface area (Å²) in [6, 6.07) is 11.4. The molecule has 0 bridgehead atoms. The van der Waals surface area contributed by atoms with Gasteiger partial charge in [-0.15, -0.1) is 0 Å². The second-order valence-electron chi connectivity index (χ2n) is 6.35. The van der Waals surface area contributed by atoms with Gasteiger partial charge in [0.2, 0.25) is 5.90 Å². The Bertz CT molecular complexity index is 1010. The highest BCUT2D eigenvalue weighted by atomic mass is 127. The predicted molar refractivity (Wildman–Crippen MR) is 130 cm³/mol. The lowest BCUT2D eigenvalue weighted by Crippen LogP contribution is -2.05. The standard InChI is InChI=1S/C22H19I2NO4/c1-4-27-19-11-14(9-17(24)20(19)28-12-13(2)3)10-18-22(26)29-21(25-18)15-5-7-16(23)8-6-15/h5-11H,2,4,12H2,1,3H3/b18-10-. The van der Waals surface area contributed by atoms with Crippen LogP contribution in [0.1, 0.15) is 25.0 Å². The highest BCUT2D eigenvalue weighted by molar-refractivity contribution is 14.1. The van der Waals surface area contributed by atoms with Gasteiger partial charge in [-0.05, 0) is 113 Å². The number of hydrogen-bond donors (Lipinski definition) is 0. The number of esters is 1. The summed E-state index contributed by atoms with van der Waals surface area (Å²) in [7, 11) is 0. The van der Waals surface area contributed by atoms with Gasteiger partial charge in [0.1, 0.15) is 6.61 Å². The molecule has 0 spiro atoms. The Morgan fingerprint density at radius 2 is 1.93 bits per heavy atom. The van der Waals surface area contributed by atoms with E-state index in [4.69, 9.17) is 14.2 Å². The molecule has 2 aromatic carbocycles. The highest BCUT2D eigenvalue weighted by Gasteiger charge is 2.24. The number of cyclic esters (lactones) is 1. The van der Waals surface area contributed by atoms with Gasteiger partial charge in [0.25, 0.3) is 0 Å². The molecule has 29 heavy (non-hydrogen) atoms. The van der Waals surface area contributed by atoms with Crippen LogP contribution in [0.3, 0.4) is 0 Å². The third kappa shape index (κ3) is 5.59. The smallest absolute Gasteiger partial charge is 0.363 e. The first-order valence-corrected chi connectivity index (χ1v) is 11.0. The summed E-state index contributed by atoms with van der Waals surface area (Å²) in [6.45, 7) is 8.58. The van der Waals surface area contributed by atoms with Crippen LogP contribution in [-0.2, 0) is 9.53 Å². The molecule has 0 saturated carbocycles. The number of carbonyl (C=O) groups excluding carboxylic acids is 1. The van der Waals surface area contributed by atoms with Crippen LogP contribution in [-0.4, -0.2) is 25.1 Å². The van der Waals surface area contributed by atoms with Gasteiger partial charge in [0.05, 0.1) is 10.2 Å². The topological polar surface area (TPSA) is 57.1 Å². The van der Waals surface area contributed by atoms with Crippen LogP contribution in [0, 0.1) is 7.14 Å². The first-order chi connectivity index (χ1) is 13.9. The summed E-state index contributed by atoms with van der Waals surface area (Å²) >= 11 is 4.41. The Balaban J connectivity index is 1.93. The lowest BCUT2D eigenvalue weighted by atomic mass is 10.1. The fourth-order valence-corrected chi connectivity index (χ4v) is 3.69. The van der Waals surface area contributed by atoms with Crippen LogP contribution in [0.2, 0.25) is 0 Å². The minimum atomic E-state index is -0.478. The van der Waals surface area contributed by atoms with Crippen molar-refractivity contribution in [3.8, 4) is 11.5 Å². The van der Waals surface area contributed by atoms with E-state index in [1.165, 1.54) is 0 Å². The van der Waals surface area contributed by atoms with Gasteiger partial charge in [0, 0.05) is 9.13 Å². The molecule has 5 nitrogen and oxygen atoms in total. The van der Waals surface area contributed by atoms with Gasteiger partial charge < -0.3 is 14.2 Å². The summed E-state index contributed by atoms with van der Waals surface area (Å²) in [5.41, 5.74) is 2.70. The number of rotatable bonds is 7. The molecule has 0 atom stereocenters. The van der Waals surface area contributed by atoms with E-state index in [0.717, 1.165) is 23.8 Å². The number of carbonyl (C=O) groups is 1. The van der Waals surface area contributed by atoms with E-state index in [9.17, 15) is 4.79 Å². The average molecular weight is 615 g/mol. The van der Waals surface area contributed by atoms with Crippen molar-refractivity contribution >= 4 is 63.1 Å². The van der Waals surface area contributed by atoms with Crippen LogP contribution in [0.15, 0.2) is 59.2 Å². The third-order valence-corrected chi connectivity index (χ3v) is 5.33. The molecule has 3 rings (SSSR count). The largest absolute Gasteiger partial charge is 0.490 e. The maximum Gasteiger partial charge on any atom is 0.363 e. The number of ether oxygens (including phenoxy) is 3. The number of nitrogens with zero attached hydrogens (tertiary/aromatic N) is 1.